The van der Waals surface area contributed by atoms with Crippen molar-refractivity contribution in [1.29, 1.82) is 0 Å². The van der Waals surface area contributed by atoms with Gasteiger partial charge in [0.25, 0.3) is 5.91 Å². The highest BCUT2D eigenvalue weighted by atomic mass is 16.2. The highest BCUT2D eigenvalue weighted by Crippen LogP contribution is 2.31. The van der Waals surface area contributed by atoms with Crippen LogP contribution < -0.4 is 15.5 Å². The molecule has 0 aromatic heterocycles. The molecule has 2 fully saturated rings. The maximum Gasteiger partial charge on any atom is 0.253 e. The van der Waals surface area contributed by atoms with Gasteiger partial charge in [0, 0.05) is 37.4 Å². The molecule has 2 aromatic rings. The molecule has 5 nitrogen and oxygen atoms in total. The third kappa shape index (κ3) is 7.59. The average molecular weight is 490 g/mol. The van der Waals surface area contributed by atoms with E-state index in [0.29, 0.717) is 42.0 Å². The molecule has 36 heavy (non-hydrogen) atoms. The number of amides is 2. The van der Waals surface area contributed by atoms with E-state index in [0.717, 1.165) is 44.5 Å². The smallest absolute Gasteiger partial charge is 0.253 e. The first-order valence-corrected chi connectivity index (χ1v) is 14.0. The van der Waals surface area contributed by atoms with Gasteiger partial charge < -0.3 is 15.5 Å². The summed E-state index contributed by atoms with van der Waals surface area (Å²) in [6, 6.07) is 16.6. The molecule has 2 amide bonds. The van der Waals surface area contributed by atoms with Gasteiger partial charge in [-0.15, -0.1) is 0 Å². The number of piperidine rings is 1. The van der Waals surface area contributed by atoms with Crippen LogP contribution in [-0.4, -0.2) is 31.4 Å². The highest BCUT2D eigenvalue weighted by molar-refractivity contribution is 6.02. The van der Waals surface area contributed by atoms with Crippen molar-refractivity contribution in [3.8, 4) is 0 Å². The number of nitrogens with one attached hydrogen (secondary N) is 2. The summed E-state index contributed by atoms with van der Waals surface area (Å²) >= 11 is 0. The number of nitrogens with zero attached hydrogens (tertiary/aromatic N) is 1. The van der Waals surface area contributed by atoms with Crippen molar-refractivity contribution in [3.63, 3.8) is 0 Å². The number of hydrogen-bond acceptors (Lipinski definition) is 3. The fourth-order valence-corrected chi connectivity index (χ4v) is 5.65. The van der Waals surface area contributed by atoms with E-state index >= 15 is 0 Å². The normalized spacial score (nSPS) is 16.9. The van der Waals surface area contributed by atoms with E-state index in [9.17, 15) is 9.59 Å². The first-order chi connectivity index (χ1) is 17.5. The van der Waals surface area contributed by atoms with Crippen LogP contribution in [-0.2, 0) is 11.2 Å². The molecule has 1 heterocycles. The molecule has 1 saturated heterocycles. The Morgan fingerprint density at radius 1 is 0.944 bits per heavy atom. The van der Waals surface area contributed by atoms with Gasteiger partial charge in [-0.05, 0) is 67.2 Å². The molecule has 1 aliphatic carbocycles. The SMILES string of the molecule is CC(C)CNC(=O)c1cc(NC(=O)CCC2CCCC2)ccc1N1CCC(Cc2ccccc2)CC1. The Balaban J connectivity index is 1.41. The van der Waals surface area contributed by atoms with Crippen molar-refractivity contribution in [2.24, 2.45) is 17.8 Å². The third-order valence-corrected chi connectivity index (χ3v) is 7.77. The Morgan fingerprint density at radius 2 is 1.67 bits per heavy atom. The predicted molar refractivity (Wildman–Crippen MR) is 149 cm³/mol. The van der Waals surface area contributed by atoms with E-state index in [4.69, 9.17) is 0 Å². The Hall–Kier alpha value is -2.82. The zero-order chi connectivity index (χ0) is 25.3. The summed E-state index contributed by atoms with van der Waals surface area (Å²) < 4.78 is 0. The van der Waals surface area contributed by atoms with E-state index in [1.165, 1.54) is 31.2 Å². The number of benzene rings is 2. The summed E-state index contributed by atoms with van der Waals surface area (Å²) in [4.78, 5) is 28.2. The molecule has 1 aliphatic heterocycles. The average Bonchev–Trinajstić information content (AvgIpc) is 3.41. The van der Waals surface area contributed by atoms with Crippen molar-refractivity contribution < 1.29 is 9.59 Å². The number of hydrogen-bond donors (Lipinski definition) is 2. The summed E-state index contributed by atoms with van der Waals surface area (Å²) in [5.41, 5.74) is 3.74. The van der Waals surface area contributed by atoms with E-state index < -0.39 is 0 Å². The third-order valence-electron chi connectivity index (χ3n) is 7.77. The first-order valence-electron chi connectivity index (χ1n) is 14.0. The molecule has 4 rings (SSSR count). The van der Waals surface area contributed by atoms with E-state index in [2.05, 4.69) is 59.7 Å². The van der Waals surface area contributed by atoms with Crippen molar-refractivity contribution in [1.82, 2.24) is 5.32 Å². The van der Waals surface area contributed by atoms with E-state index in [1.807, 2.05) is 18.2 Å². The maximum absolute atomic E-state index is 13.2. The second kappa shape index (κ2) is 12.9. The van der Waals surface area contributed by atoms with Crippen molar-refractivity contribution in [3.05, 3.63) is 59.7 Å². The second-order valence-corrected chi connectivity index (χ2v) is 11.2. The molecule has 2 aliphatic rings. The van der Waals surface area contributed by atoms with Crippen LogP contribution in [0.5, 0.6) is 0 Å². The predicted octanol–water partition coefficient (Wildman–Crippen LogP) is 6.44. The molecule has 2 aromatic carbocycles. The number of carbonyl (C=O) groups excluding carboxylic acids is 2. The molecule has 5 heteroatoms. The Bertz CT molecular complexity index is 990. The fourth-order valence-electron chi connectivity index (χ4n) is 5.65. The standard InChI is InChI=1S/C31H43N3O2/c1-23(2)22-32-31(36)28-21-27(33-30(35)15-12-24-8-6-7-9-24)13-14-29(28)34-18-16-26(17-19-34)20-25-10-4-3-5-11-25/h3-5,10-11,13-14,21,23-24,26H,6-9,12,15-20,22H2,1-2H3,(H,32,36)(H,33,35). The minimum Gasteiger partial charge on any atom is -0.371 e. The molecule has 0 atom stereocenters. The van der Waals surface area contributed by atoms with Crippen molar-refractivity contribution >= 4 is 23.2 Å². The molecule has 1 saturated carbocycles. The summed E-state index contributed by atoms with van der Waals surface area (Å²) in [6.07, 6.45) is 9.96. The van der Waals surface area contributed by atoms with Gasteiger partial charge in [-0.25, -0.2) is 0 Å². The zero-order valence-corrected chi connectivity index (χ0v) is 22.1. The second-order valence-electron chi connectivity index (χ2n) is 11.2. The van der Waals surface area contributed by atoms with Crippen LogP contribution in [0.4, 0.5) is 11.4 Å². The molecule has 194 valence electrons. The molecule has 0 bridgehead atoms. The van der Waals surface area contributed by atoms with Crippen LogP contribution in [0.25, 0.3) is 0 Å². The Morgan fingerprint density at radius 3 is 2.36 bits per heavy atom. The quantitative estimate of drug-likeness (QED) is 0.404. The van der Waals surface area contributed by atoms with E-state index in [-0.39, 0.29) is 11.8 Å². The van der Waals surface area contributed by atoms with Gasteiger partial charge in [-0.2, -0.15) is 0 Å². The van der Waals surface area contributed by atoms with Crippen LogP contribution in [0.3, 0.4) is 0 Å². The van der Waals surface area contributed by atoms with Crippen molar-refractivity contribution in [2.45, 2.75) is 71.6 Å². The molecule has 0 unspecified atom stereocenters. The lowest BCUT2D eigenvalue weighted by atomic mass is 9.89. The van der Waals surface area contributed by atoms with E-state index in [1.54, 1.807) is 0 Å². The van der Waals surface area contributed by atoms with Gasteiger partial charge >= 0.3 is 0 Å². The molecule has 0 spiro atoms. The monoisotopic (exact) mass is 489 g/mol. The Kier molecular flexibility index (Phi) is 9.43. The fraction of sp³-hybridized carbons (Fsp3) is 0.548. The molecule has 0 radical (unpaired) electrons. The van der Waals surface area contributed by atoms with Crippen LogP contribution in [0.2, 0.25) is 0 Å². The first kappa shape index (κ1) is 26.2. The minimum absolute atomic E-state index is 0.0462. The lowest BCUT2D eigenvalue weighted by Crippen LogP contribution is -2.36. The van der Waals surface area contributed by atoms with Gasteiger partial charge in [0.15, 0.2) is 0 Å². The minimum atomic E-state index is -0.0628. The molecular formula is C31H43N3O2. The van der Waals surface area contributed by atoms with Gasteiger partial charge in [-0.1, -0.05) is 69.9 Å². The molecular weight excluding hydrogens is 446 g/mol. The van der Waals surface area contributed by atoms with Gasteiger partial charge in [-0.3, -0.25) is 9.59 Å². The van der Waals surface area contributed by atoms with Crippen LogP contribution >= 0.6 is 0 Å². The summed E-state index contributed by atoms with van der Waals surface area (Å²) in [6.45, 7) is 6.71. The zero-order valence-electron chi connectivity index (χ0n) is 22.1. The van der Waals surface area contributed by atoms with Crippen LogP contribution in [0, 0.1) is 17.8 Å². The van der Waals surface area contributed by atoms with Crippen molar-refractivity contribution in [2.75, 3.05) is 29.9 Å². The number of anilines is 2. The molecule has 2 N–H and O–H groups in total. The number of rotatable bonds is 10. The van der Waals surface area contributed by atoms with Gasteiger partial charge in [0.1, 0.15) is 0 Å². The lowest BCUT2D eigenvalue weighted by molar-refractivity contribution is -0.116. The van der Waals surface area contributed by atoms with Crippen LogP contribution in [0.15, 0.2) is 48.5 Å². The largest absolute Gasteiger partial charge is 0.371 e. The Labute approximate surface area is 217 Å². The van der Waals surface area contributed by atoms with Crippen LogP contribution in [0.1, 0.15) is 81.1 Å². The maximum atomic E-state index is 13.2. The summed E-state index contributed by atoms with van der Waals surface area (Å²) in [5.74, 6) is 1.72. The topological polar surface area (TPSA) is 61.4 Å². The number of carbonyl (C=O) groups is 2. The highest BCUT2D eigenvalue weighted by Gasteiger charge is 2.24. The van der Waals surface area contributed by atoms with Gasteiger partial charge in [0.05, 0.1) is 5.56 Å². The van der Waals surface area contributed by atoms with Gasteiger partial charge in [0.2, 0.25) is 5.91 Å². The lowest BCUT2D eigenvalue weighted by Gasteiger charge is -2.35. The summed E-state index contributed by atoms with van der Waals surface area (Å²) in [5, 5.41) is 6.14. The summed E-state index contributed by atoms with van der Waals surface area (Å²) in [7, 11) is 0.